The summed E-state index contributed by atoms with van der Waals surface area (Å²) in [5, 5.41) is 4.15. The van der Waals surface area contributed by atoms with Gasteiger partial charge in [0.2, 0.25) is 0 Å². The Labute approximate surface area is 177 Å². The first-order valence-electron chi connectivity index (χ1n) is 9.91. The summed E-state index contributed by atoms with van der Waals surface area (Å²) in [7, 11) is 0. The smallest absolute Gasteiger partial charge is 0.173 e. The molecule has 2 aromatic carbocycles. The minimum absolute atomic E-state index is 0.228. The zero-order chi connectivity index (χ0) is 20.6. The highest BCUT2D eigenvalue weighted by Gasteiger charge is 2.13. The average molecular weight is 411 g/mol. The van der Waals surface area contributed by atoms with Crippen LogP contribution in [0, 0.1) is 12.7 Å². The molecule has 6 heteroatoms. The number of halogens is 1. The minimum atomic E-state index is -0.228. The van der Waals surface area contributed by atoms with Crippen LogP contribution in [0.5, 0.6) is 0 Å². The van der Waals surface area contributed by atoms with Gasteiger partial charge in [-0.2, -0.15) is 0 Å². The molecule has 0 unspecified atom stereocenters. The maximum absolute atomic E-state index is 13.3. The molecular weight excluding hydrogens is 383 g/mol. The summed E-state index contributed by atoms with van der Waals surface area (Å²) in [5.41, 5.74) is 4.52. The second-order valence-corrected chi connectivity index (χ2v) is 7.48. The van der Waals surface area contributed by atoms with Gasteiger partial charge in [0.25, 0.3) is 0 Å². The standard InChI is InChI=1S/C23H27FN4S/c1-3-20-7-4-6-18(2)22(20)26-23(29)28(14-5-13-27-15-12-25-17-27)16-19-8-10-21(24)11-9-19/h4,6-12,15,17H,3,5,13-14,16H2,1-2H3,(H,26,29). The molecule has 0 atom stereocenters. The van der Waals surface area contributed by atoms with Crippen LogP contribution in [0.2, 0.25) is 0 Å². The number of para-hydroxylation sites is 1. The number of hydrogen-bond acceptors (Lipinski definition) is 2. The van der Waals surface area contributed by atoms with Gasteiger partial charge in [-0.1, -0.05) is 37.3 Å². The van der Waals surface area contributed by atoms with Crippen molar-refractivity contribution >= 4 is 23.0 Å². The molecule has 1 aromatic heterocycles. The summed E-state index contributed by atoms with van der Waals surface area (Å²) < 4.78 is 15.4. The van der Waals surface area contributed by atoms with Crippen molar-refractivity contribution in [2.24, 2.45) is 0 Å². The van der Waals surface area contributed by atoms with Gasteiger partial charge in [0.1, 0.15) is 5.82 Å². The van der Waals surface area contributed by atoms with Gasteiger partial charge in [0.05, 0.1) is 6.33 Å². The van der Waals surface area contributed by atoms with Crippen LogP contribution in [-0.4, -0.2) is 26.1 Å². The highest BCUT2D eigenvalue weighted by molar-refractivity contribution is 7.80. The maximum Gasteiger partial charge on any atom is 0.173 e. The number of aromatic nitrogens is 2. The SMILES string of the molecule is CCc1cccc(C)c1NC(=S)N(CCCn1ccnc1)Cc1ccc(F)cc1. The number of anilines is 1. The first-order valence-corrected chi connectivity index (χ1v) is 10.3. The molecular formula is C23H27FN4S. The van der Waals surface area contributed by atoms with Crippen LogP contribution in [-0.2, 0) is 19.5 Å². The zero-order valence-corrected chi connectivity index (χ0v) is 17.8. The van der Waals surface area contributed by atoms with Crippen LogP contribution in [0.25, 0.3) is 0 Å². The van der Waals surface area contributed by atoms with E-state index in [2.05, 4.69) is 51.8 Å². The molecule has 3 rings (SSSR count). The molecule has 4 nitrogen and oxygen atoms in total. The summed E-state index contributed by atoms with van der Waals surface area (Å²) >= 11 is 5.78. The van der Waals surface area contributed by atoms with E-state index in [1.165, 1.54) is 23.3 Å². The van der Waals surface area contributed by atoms with E-state index in [1.807, 2.05) is 24.7 Å². The molecule has 29 heavy (non-hydrogen) atoms. The molecule has 1 heterocycles. The molecule has 0 aliphatic heterocycles. The number of imidazole rings is 1. The van der Waals surface area contributed by atoms with Crippen LogP contribution in [0.3, 0.4) is 0 Å². The van der Waals surface area contributed by atoms with Crippen LogP contribution in [0.4, 0.5) is 10.1 Å². The van der Waals surface area contributed by atoms with Crippen molar-refractivity contribution in [3.8, 4) is 0 Å². The first-order chi connectivity index (χ1) is 14.1. The van der Waals surface area contributed by atoms with Crippen LogP contribution >= 0.6 is 12.2 Å². The Kier molecular flexibility index (Phi) is 7.36. The van der Waals surface area contributed by atoms with Crippen molar-refractivity contribution in [3.63, 3.8) is 0 Å². The molecule has 0 spiro atoms. The van der Waals surface area contributed by atoms with Gasteiger partial charge in [-0.25, -0.2) is 9.37 Å². The Hall–Kier alpha value is -2.73. The fourth-order valence-electron chi connectivity index (χ4n) is 3.31. The number of nitrogens with zero attached hydrogens (tertiary/aromatic N) is 3. The fourth-order valence-corrected chi connectivity index (χ4v) is 3.57. The third kappa shape index (κ3) is 5.87. The number of aryl methyl sites for hydroxylation is 3. The van der Waals surface area contributed by atoms with E-state index in [0.29, 0.717) is 11.7 Å². The van der Waals surface area contributed by atoms with Gasteiger partial charge in [-0.05, 0) is 60.8 Å². The van der Waals surface area contributed by atoms with Gasteiger partial charge in [0, 0.05) is 37.7 Å². The van der Waals surface area contributed by atoms with Gasteiger partial charge < -0.3 is 14.8 Å². The Morgan fingerprint density at radius 2 is 2.00 bits per heavy atom. The predicted molar refractivity (Wildman–Crippen MR) is 120 cm³/mol. The van der Waals surface area contributed by atoms with Crippen molar-refractivity contribution in [1.29, 1.82) is 0 Å². The topological polar surface area (TPSA) is 33.1 Å². The van der Waals surface area contributed by atoms with Crippen molar-refractivity contribution in [2.75, 3.05) is 11.9 Å². The molecule has 0 aliphatic carbocycles. The lowest BCUT2D eigenvalue weighted by Gasteiger charge is -2.27. The Morgan fingerprint density at radius 3 is 2.69 bits per heavy atom. The molecule has 0 aliphatic rings. The van der Waals surface area contributed by atoms with E-state index in [1.54, 1.807) is 6.20 Å². The van der Waals surface area contributed by atoms with Crippen LogP contribution in [0.15, 0.2) is 61.2 Å². The number of nitrogens with one attached hydrogen (secondary N) is 1. The zero-order valence-electron chi connectivity index (χ0n) is 16.9. The molecule has 0 radical (unpaired) electrons. The number of hydrogen-bond donors (Lipinski definition) is 1. The maximum atomic E-state index is 13.3. The van der Waals surface area contributed by atoms with E-state index in [0.717, 1.165) is 37.2 Å². The lowest BCUT2D eigenvalue weighted by Crippen LogP contribution is -2.36. The summed E-state index contributed by atoms with van der Waals surface area (Å²) in [6, 6.07) is 12.9. The van der Waals surface area contributed by atoms with E-state index in [9.17, 15) is 4.39 Å². The average Bonchev–Trinajstić information content (AvgIpc) is 3.23. The lowest BCUT2D eigenvalue weighted by atomic mass is 10.1. The van der Waals surface area contributed by atoms with E-state index in [4.69, 9.17) is 12.2 Å². The summed E-state index contributed by atoms with van der Waals surface area (Å²) in [4.78, 5) is 6.24. The molecule has 0 amide bonds. The molecule has 3 aromatic rings. The highest BCUT2D eigenvalue weighted by Crippen LogP contribution is 2.22. The van der Waals surface area contributed by atoms with E-state index in [-0.39, 0.29) is 5.82 Å². The first kappa shape index (κ1) is 21.0. The largest absolute Gasteiger partial charge is 0.345 e. The molecule has 0 saturated heterocycles. The van der Waals surface area contributed by atoms with Crippen molar-refractivity contribution < 1.29 is 4.39 Å². The van der Waals surface area contributed by atoms with Gasteiger partial charge in [-0.3, -0.25) is 0 Å². The number of rotatable bonds is 8. The normalized spacial score (nSPS) is 10.7. The molecule has 0 saturated carbocycles. The van der Waals surface area contributed by atoms with E-state index >= 15 is 0 Å². The number of benzene rings is 2. The fraction of sp³-hybridized carbons (Fsp3) is 0.304. The highest BCUT2D eigenvalue weighted by atomic mass is 32.1. The Morgan fingerprint density at radius 1 is 1.21 bits per heavy atom. The summed E-state index contributed by atoms with van der Waals surface area (Å²) in [5.74, 6) is -0.228. The van der Waals surface area contributed by atoms with Gasteiger partial charge >= 0.3 is 0 Å². The van der Waals surface area contributed by atoms with Crippen LogP contribution in [0.1, 0.15) is 30.0 Å². The summed E-state index contributed by atoms with van der Waals surface area (Å²) in [6.45, 7) is 6.52. The van der Waals surface area contributed by atoms with Crippen LogP contribution < -0.4 is 5.32 Å². The van der Waals surface area contributed by atoms with E-state index < -0.39 is 0 Å². The lowest BCUT2D eigenvalue weighted by molar-refractivity contribution is 0.395. The number of thiocarbonyl (C=S) groups is 1. The summed E-state index contributed by atoms with van der Waals surface area (Å²) in [6.07, 6.45) is 7.43. The molecule has 1 N–H and O–H groups in total. The minimum Gasteiger partial charge on any atom is -0.345 e. The second kappa shape index (κ2) is 10.2. The third-order valence-corrected chi connectivity index (χ3v) is 5.31. The monoisotopic (exact) mass is 410 g/mol. The van der Waals surface area contributed by atoms with Gasteiger partial charge in [0.15, 0.2) is 5.11 Å². The predicted octanol–water partition coefficient (Wildman–Crippen LogP) is 5.18. The van der Waals surface area contributed by atoms with Crippen molar-refractivity contribution in [2.45, 2.75) is 39.8 Å². The Balaban J connectivity index is 1.73. The molecule has 152 valence electrons. The Bertz CT molecular complexity index is 923. The van der Waals surface area contributed by atoms with Crippen molar-refractivity contribution in [3.05, 3.63) is 83.7 Å². The third-order valence-electron chi connectivity index (χ3n) is 4.95. The molecule has 0 bridgehead atoms. The quantitative estimate of drug-likeness (QED) is 0.519. The van der Waals surface area contributed by atoms with Crippen molar-refractivity contribution in [1.82, 2.24) is 14.5 Å². The van der Waals surface area contributed by atoms with Gasteiger partial charge in [-0.15, -0.1) is 0 Å². The second-order valence-electron chi connectivity index (χ2n) is 7.09. The molecule has 0 fully saturated rings.